The molecule has 0 unspecified atom stereocenters. The number of rotatable bonds is 3. The maximum atomic E-state index is 12.7. The predicted octanol–water partition coefficient (Wildman–Crippen LogP) is 4.58. The Bertz CT molecular complexity index is 843. The van der Waals surface area contributed by atoms with Crippen LogP contribution in [0.2, 0.25) is 10.2 Å². The van der Waals surface area contributed by atoms with E-state index >= 15 is 0 Å². The zero-order chi connectivity index (χ0) is 17.3. The van der Waals surface area contributed by atoms with Crippen molar-refractivity contribution in [3.63, 3.8) is 0 Å². The molecule has 9 heteroatoms. The SMILES string of the molecule is FC(F)(F)c1ccc(-n2nc(Cl)cc2Cc2ncc(Cl)cn2)cc1. The Labute approximate surface area is 144 Å². The lowest BCUT2D eigenvalue weighted by atomic mass is 10.2. The van der Waals surface area contributed by atoms with Gasteiger partial charge in [0, 0.05) is 12.4 Å². The van der Waals surface area contributed by atoms with E-state index in [-0.39, 0.29) is 5.15 Å². The third-order valence-electron chi connectivity index (χ3n) is 3.21. The molecule has 0 N–H and O–H groups in total. The minimum Gasteiger partial charge on any atom is -0.239 e. The molecule has 0 aliphatic heterocycles. The summed E-state index contributed by atoms with van der Waals surface area (Å²) < 4.78 is 39.4. The van der Waals surface area contributed by atoms with Crippen molar-refractivity contribution in [1.82, 2.24) is 19.7 Å². The molecule has 0 saturated heterocycles. The summed E-state index contributed by atoms with van der Waals surface area (Å²) in [6.45, 7) is 0. The van der Waals surface area contributed by atoms with E-state index in [1.54, 1.807) is 6.07 Å². The lowest BCUT2D eigenvalue weighted by molar-refractivity contribution is -0.137. The number of benzene rings is 1. The summed E-state index contributed by atoms with van der Waals surface area (Å²) in [5.74, 6) is 0.490. The van der Waals surface area contributed by atoms with Crippen LogP contribution in [0.15, 0.2) is 42.7 Å². The molecule has 4 nitrogen and oxygen atoms in total. The summed E-state index contributed by atoms with van der Waals surface area (Å²) >= 11 is 11.7. The number of hydrogen-bond donors (Lipinski definition) is 0. The van der Waals surface area contributed by atoms with E-state index in [0.717, 1.165) is 12.1 Å². The van der Waals surface area contributed by atoms with E-state index in [1.807, 2.05) is 0 Å². The van der Waals surface area contributed by atoms with E-state index in [4.69, 9.17) is 23.2 Å². The van der Waals surface area contributed by atoms with Crippen LogP contribution in [0.4, 0.5) is 13.2 Å². The molecule has 0 spiro atoms. The molecule has 0 saturated carbocycles. The van der Waals surface area contributed by atoms with E-state index < -0.39 is 11.7 Å². The Hall–Kier alpha value is -2.12. The second-order valence-electron chi connectivity index (χ2n) is 4.91. The van der Waals surface area contributed by atoms with Gasteiger partial charge in [-0.25, -0.2) is 14.6 Å². The van der Waals surface area contributed by atoms with Gasteiger partial charge in [-0.05, 0) is 30.3 Å². The maximum absolute atomic E-state index is 12.7. The molecule has 3 rings (SSSR count). The third kappa shape index (κ3) is 3.68. The first-order valence-corrected chi connectivity index (χ1v) is 7.47. The lowest BCUT2D eigenvalue weighted by Gasteiger charge is -2.10. The molecule has 0 atom stereocenters. The highest BCUT2D eigenvalue weighted by Crippen LogP contribution is 2.30. The van der Waals surface area contributed by atoms with Gasteiger partial charge in [0.1, 0.15) is 5.82 Å². The molecule has 2 heterocycles. The largest absolute Gasteiger partial charge is 0.416 e. The number of hydrogen-bond acceptors (Lipinski definition) is 3. The van der Waals surface area contributed by atoms with Crippen LogP contribution in [0.1, 0.15) is 17.1 Å². The number of alkyl halides is 3. The quantitative estimate of drug-likeness (QED) is 0.675. The summed E-state index contributed by atoms with van der Waals surface area (Å²) in [6.07, 6.45) is -1.16. The standard InChI is InChI=1S/C15H9Cl2F3N4/c16-10-7-21-14(22-8-10)6-12-5-13(17)23-24(12)11-3-1-9(2-4-11)15(18,19)20/h1-5,7-8H,6H2. The fourth-order valence-corrected chi connectivity index (χ4v) is 2.42. The van der Waals surface area contributed by atoms with Crippen molar-refractivity contribution in [3.05, 3.63) is 70.0 Å². The molecular formula is C15H9Cl2F3N4. The van der Waals surface area contributed by atoms with Crippen LogP contribution in [0.5, 0.6) is 0 Å². The predicted molar refractivity (Wildman–Crippen MR) is 83.4 cm³/mol. The van der Waals surface area contributed by atoms with Crippen LogP contribution in [-0.2, 0) is 12.6 Å². The van der Waals surface area contributed by atoms with Gasteiger partial charge in [-0.3, -0.25) is 0 Å². The van der Waals surface area contributed by atoms with E-state index in [9.17, 15) is 13.2 Å². The number of aromatic nitrogens is 4. The fraction of sp³-hybridized carbons (Fsp3) is 0.133. The Morgan fingerprint density at radius 1 is 1.00 bits per heavy atom. The van der Waals surface area contributed by atoms with E-state index in [1.165, 1.54) is 29.2 Å². The first-order valence-electron chi connectivity index (χ1n) is 6.71. The molecule has 0 radical (unpaired) electrons. The van der Waals surface area contributed by atoms with Gasteiger partial charge in [-0.2, -0.15) is 18.3 Å². The van der Waals surface area contributed by atoms with Crippen LogP contribution in [0, 0.1) is 0 Å². The van der Waals surface area contributed by atoms with Gasteiger partial charge in [0.2, 0.25) is 0 Å². The van der Waals surface area contributed by atoms with Crippen molar-refractivity contribution in [3.8, 4) is 5.69 Å². The maximum Gasteiger partial charge on any atom is 0.416 e. The summed E-state index contributed by atoms with van der Waals surface area (Å²) in [6, 6.07) is 6.26. The lowest BCUT2D eigenvalue weighted by Crippen LogP contribution is -2.07. The molecule has 0 amide bonds. The van der Waals surface area contributed by atoms with Gasteiger partial charge in [0.25, 0.3) is 0 Å². The average molecular weight is 373 g/mol. The minimum absolute atomic E-state index is 0.221. The Balaban J connectivity index is 1.92. The van der Waals surface area contributed by atoms with Crippen LogP contribution < -0.4 is 0 Å². The zero-order valence-corrected chi connectivity index (χ0v) is 13.4. The fourth-order valence-electron chi connectivity index (χ4n) is 2.12. The molecule has 2 aromatic heterocycles. The minimum atomic E-state index is -4.39. The second-order valence-corrected chi connectivity index (χ2v) is 5.73. The van der Waals surface area contributed by atoms with Gasteiger partial charge in [0.15, 0.2) is 5.15 Å². The number of halogens is 5. The van der Waals surface area contributed by atoms with Crippen molar-refractivity contribution in [1.29, 1.82) is 0 Å². The Morgan fingerprint density at radius 2 is 1.62 bits per heavy atom. The summed E-state index contributed by atoms with van der Waals surface area (Å²) in [5, 5.41) is 4.74. The van der Waals surface area contributed by atoms with Gasteiger partial charge >= 0.3 is 6.18 Å². The second kappa shape index (κ2) is 6.41. The van der Waals surface area contributed by atoms with Crippen LogP contribution >= 0.6 is 23.2 Å². The van der Waals surface area contributed by atoms with E-state index in [2.05, 4.69) is 15.1 Å². The third-order valence-corrected chi connectivity index (χ3v) is 3.59. The van der Waals surface area contributed by atoms with Crippen molar-refractivity contribution >= 4 is 23.2 Å². The van der Waals surface area contributed by atoms with Gasteiger partial charge in [0.05, 0.1) is 28.4 Å². The van der Waals surface area contributed by atoms with Crippen molar-refractivity contribution in [2.75, 3.05) is 0 Å². The smallest absolute Gasteiger partial charge is 0.239 e. The monoisotopic (exact) mass is 372 g/mol. The van der Waals surface area contributed by atoms with Crippen LogP contribution in [0.3, 0.4) is 0 Å². The Kier molecular flexibility index (Phi) is 4.47. The normalized spacial score (nSPS) is 11.7. The molecule has 1 aromatic carbocycles. The van der Waals surface area contributed by atoms with Crippen molar-refractivity contribution < 1.29 is 13.2 Å². The van der Waals surface area contributed by atoms with Crippen molar-refractivity contribution in [2.24, 2.45) is 0 Å². The summed E-state index contributed by atoms with van der Waals surface area (Å²) in [4.78, 5) is 8.18. The van der Waals surface area contributed by atoms with E-state index in [0.29, 0.717) is 28.6 Å². The zero-order valence-electron chi connectivity index (χ0n) is 11.9. The molecule has 0 bridgehead atoms. The Morgan fingerprint density at radius 3 is 2.21 bits per heavy atom. The first-order chi connectivity index (χ1) is 11.3. The highest BCUT2D eigenvalue weighted by atomic mass is 35.5. The molecule has 0 aliphatic carbocycles. The molecule has 124 valence electrons. The first kappa shape index (κ1) is 16.7. The molecule has 0 fully saturated rings. The van der Waals surface area contributed by atoms with Gasteiger partial charge in [-0.15, -0.1) is 0 Å². The molecule has 0 aliphatic rings. The summed E-state index contributed by atoms with van der Waals surface area (Å²) in [5.41, 5.74) is 0.369. The van der Waals surface area contributed by atoms with Gasteiger partial charge in [-0.1, -0.05) is 23.2 Å². The van der Waals surface area contributed by atoms with Crippen molar-refractivity contribution in [2.45, 2.75) is 12.6 Å². The summed E-state index contributed by atoms with van der Waals surface area (Å²) in [7, 11) is 0. The highest BCUT2D eigenvalue weighted by molar-refractivity contribution is 6.30. The topological polar surface area (TPSA) is 43.6 Å². The van der Waals surface area contributed by atoms with Gasteiger partial charge < -0.3 is 0 Å². The molecule has 3 aromatic rings. The molecular weight excluding hydrogens is 364 g/mol. The molecule has 24 heavy (non-hydrogen) atoms. The highest BCUT2D eigenvalue weighted by Gasteiger charge is 2.30. The van der Waals surface area contributed by atoms with Crippen LogP contribution in [-0.4, -0.2) is 19.7 Å². The average Bonchev–Trinajstić information content (AvgIpc) is 2.89. The van der Waals surface area contributed by atoms with Crippen LogP contribution in [0.25, 0.3) is 5.69 Å². The number of nitrogens with zero attached hydrogens (tertiary/aromatic N) is 4.